The topological polar surface area (TPSA) is 77.2 Å². The van der Waals surface area contributed by atoms with Crippen LogP contribution in [0.2, 0.25) is 0 Å². The van der Waals surface area contributed by atoms with Gasteiger partial charge in [0, 0.05) is 5.69 Å². The number of carbonyl (C=O) groups excluding carboxylic acids is 1. The van der Waals surface area contributed by atoms with Gasteiger partial charge >= 0.3 is 0 Å². The molecule has 26 heavy (non-hydrogen) atoms. The molecule has 6 nitrogen and oxygen atoms in total. The number of carbonyl (C=O) groups is 1. The van der Waals surface area contributed by atoms with E-state index in [0.717, 1.165) is 29.0 Å². The number of nitrogens with one attached hydrogen (secondary N) is 1. The summed E-state index contributed by atoms with van der Waals surface area (Å²) in [4.78, 5) is 16.5. The van der Waals surface area contributed by atoms with E-state index in [9.17, 15) is 4.79 Å². The number of hydrogen-bond acceptors (Lipinski definition) is 5. The normalized spacial score (nSPS) is 15.8. The van der Waals surface area contributed by atoms with Gasteiger partial charge in [0.1, 0.15) is 12.4 Å². The minimum Gasteiger partial charge on any atom is -0.492 e. The largest absolute Gasteiger partial charge is 0.492 e. The minimum absolute atomic E-state index is 0.00584. The fourth-order valence-corrected chi connectivity index (χ4v) is 2.98. The first-order valence-corrected chi connectivity index (χ1v) is 8.57. The predicted molar refractivity (Wildman–Crippen MR) is 96.2 cm³/mol. The number of hydrogen-bond donors (Lipinski definition) is 1. The van der Waals surface area contributed by atoms with Gasteiger partial charge < -0.3 is 14.6 Å². The maximum atomic E-state index is 12.2. The van der Waals surface area contributed by atoms with Crippen molar-refractivity contribution in [3.05, 3.63) is 71.4 Å². The highest BCUT2D eigenvalue weighted by Gasteiger charge is 2.26. The zero-order valence-electron chi connectivity index (χ0n) is 14.4. The Morgan fingerprint density at radius 1 is 1.19 bits per heavy atom. The molecule has 6 heteroatoms. The van der Waals surface area contributed by atoms with Crippen LogP contribution in [0.4, 0.5) is 5.69 Å². The quantitative estimate of drug-likeness (QED) is 0.782. The molecule has 0 fully saturated rings. The van der Waals surface area contributed by atoms with Crippen LogP contribution in [0.5, 0.6) is 5.75 Å². The lowest BCUT2D eigenvalue weighted by molar-refractivity contribution is -0.115. The second kappa shape index (κ2) is 7.00. The van der Waals surface area contributed by atoms with Gasteiger partial charge in [0.15, 0.2) is 5.82 Å². The van der Waals surface area contributed by atoms with Crippen LogP contribution in [-0.4, -0.2) is 22.7 Å². The van der Waals surface area contributed by atoms with Gasteiger partial charge in [0.2, 0.25) is 11.8 Å². The van der Waals surface area contributed by atoms with Crippen LogP contribution in [0.1, 0.15) is 28.8 Å². The van der Waals surface area contributed by atoms with Gasteiger partial charge in [0.25, 0.3) is 0 Å². The van der Waals surface area contributed by atoms with E-state index in [4.69, 9.17) is 9.26 Å². The van der Waals surface area contributed by atoms with Gasteiger partial charge in [-0.15, -0.1) is 0 Å². The third-order valence-electron chi connectivity index (χ3n) is 4.37. The van der Waals surface area contributed by atoms with Crippen LogP contribution in [0.25, 0.3) is 0 Å². The van der Waals surface area contributed by atoms with Crippen LogP contribution < -0.4 is 10.1 Å². The molecule has 0 saturated heterocycles. The third-order valence-corrected chi connectivity index (χ3v) is 4.37. The number of aryl methyl sites for hydroxylation is 1. The van der Waals surface area contributed by atoms with Crippen molar-refractivity contribution in [1.29, 1.82) is 0 Å². The zero-order chi connectivity index (χ0) is 17.9. The molecule has 1 aliphatic rings. The summed E-state index contributed by atoms with van der Waals surface area (Å²) in [6.45, 7) is 2.49. The van der Waals surface area contributed by atoms with Crippen LogP contribution in [0.15, 0.2) is 53.1 Å². The summed E-state index contributed by atoms with van der Waals surface area (Å²) in [6, 6.07) is 15.6. The van der Waals surface area contributed by atoms with Crippen LogP contribution in [-0.2, 0) is 17.6 Å². The van der Waals surface area contributed by atoms with Crippen molar-refractivity contribution in [2.24, 2.45) is 0 Å². The maximum absolute atomic E-state index is 12.2. The number of rotatable bonds is 4. The highest BCUT2D eigenvalue weighted by Crippen LogP contribution is 2.31. The molecule has 2 aromatic carbocycles. The first-order valence-electron chi connectivity index (χ1n) is 8.57. The summed E-state index contributed by atoms with van der Waals surface area (Å²) < 4.78 is 11.1. The molecule has 1 aromatic heterocycles. The lowest BCUT2D eigenvalue weighted by atomic mass is 9.97. The van der Waals surface area contributed by atoms with Gasteiger partial charge in [-0.05, 0) is 37.1 Å². The van der Waals surface area contributed by atoms with Gasteiger partial charge in [-0.25, -0.2) is 0 Å². The van der Waals surface area contributed by atoms with E-state index in [1.807, 2.05) is 55.5 Å². The fraction of sp³-hybridized carbons (Fsp3) is 0.250. The molecule has 3 aromatic rings. The maximum Gasteiger partial charge on any atom is 0.233 e. The van der Waals surface area contributed by atoms with Gasteiger partial charge in [-0.1, -0.05) is 41.1 Å². The number of fused-ring (bicyclic) bond motifs is 1. The van der Waals surface area contributed by atoms with E-state index in [1.54, 1.807) is 0 Å². The highest BCUT2D eigenvalue weighted by molar-refractivity contribution is 5.91. The Kier molecular flexibility index (Phi) is 4.39. The number of anilines is 1. The van der Waals surface area contributed by atoms with Crippen molar-refractivity contribution < 1.29 is 14.1 Å². The molecule has 1 amide bonds. The summed E-state index contributed by atoms with van der Waals surface area (Å²) in [6.07, 6.45) is 0.856. The molecular weight excluding hydrogens is 330 g/mol. The van der Waals surface area contributed by atoms with Crippen LogP contribution in [0.3, 0.4) is 0 Å². The highest BCUT2D eigenvalue weighted by atomic mass is 16.5. The van der Waals surface area contributed by atoms with Crippen molar-refractivity contribution in [3.8, 4) is 5.75 Å². The minimum atomic E-state index is -0.175. The Hall–Kier alpha value is -3.15. The van der Waals surface area contributed by atoms with Crippen molar-refractivity contribution in [3.63, 3.8) is 0 Å². The number of para-hydroxylation sites is 1. The number of benzene rings is 2. The van der Waals surface area contributed by atoms with Crippen LogP contribution in [0, 0.1) is 6.92 Å². The Balaban J connectivity index is 1.39. The smallest absolute Gasteiger partial charge is 0.233 e. The standard InChI is InChI=1S/C20H19N3O3/c1-13-6-8-16(9-7-13)21-19(24)11-18-22-20(26-23-18)15-10-14-4-2-3-5-17(14)25-12-15/h2-9,15H,10-12H2,1H3,(H,21,24). The van der Waals surface area contributed by atoms with E-state index in [2.05, 4.69) is 15.5 Å². The predicted octanol–water partition coefficient (Wildman–Crippen LogP) is 3.28. The number of aromatic nitrogens is 2. The SMILES string of the molecule is Cc1ccc(NC(=O)Cc2noc(C3COc4ccccc4C3)n2)cc1. The van der Waals surface area contributed by atoms with Crippen molar-refractivity contribution in [2.75, 3.05) is 11.9 Å². The Labute approximate surface area is 151 Å². The molecule has 1 atom stereocenters. The number of amides is 1. The molecule has 0 saturated carbocycles. The molecule has 1 N–H and O–H groups in total. The summed E-state index contributed by atoms with van der Waals surface area (Å²) in [5, 5.41) is 6.77. The van der Waals surface area contributed by atoms with E-state index in [1.165, 1.54) is 0 Å². The van der Waals surface area contributed by atoms with Crippen molar-refractivity contribution in [1.82, 2.24) is 10.1 Å². The molecule has 4 rings (SSSR count). The molecule has 0 aliphatic carbocycles. The Morgan fingerprint density at radius 3 is 2.85 bits per heavy atom. The molecule has 1 unspecified atom stereocenters. The van der Waals surface area contributed by atoms with E-state index in [-0.39, 0.29) is 18.2 Å². The van der Waals surface area contributed by atoms with Crippen molar-refractivity contribution in [2.45, 2.75) is 25.7 Å². The van der Waals surface area contributed by atoms with Crippen molar-refractivity contribution >= 4 is 11.6 Å². The fourth-order valence-electron chi connectivity index (χ4n) is 2.98. The van der Waals surface area contributed by atoms with E-state index >= 15 is 0 Å². The van der Waals surface area contributed by atoms with E-state index in [0.29, 0.717) is 18.3 Å². The zero-order valence-corrected chi connectivity index (χ0v) is 14.4. The van der Waals surface area contributed by atoms with Gasteiger partial charge in [-0.3, -0.25) is 4.79 Å². The molecule has 0 radical (unpaired) electrons. The van der Waals surface area contributed by atoms with Gasteiger partial charge in [-0.2, -0.15) is 4.98 Å². The number of ether oxygens (including phenoxy) is 1. The number of nitrogens with zero attached hydrogens (tertiary/aromatic N) is 2. The molecule has 1 aliphatic heterocycles. The molecule has 0 bridgehead atoms. The van der Waals surface area contributed by atoms with Crippen LogP contribution >= 0.6 is 0 Å². The first kappa shape index (κ1) is 16.3. The summed E-state index contributed by atoms with van der Waals surface area (Å²) in [5.41, 5.74) is 3.02. The average Bonchev–Trinajstić information content (AvgIpc) is 3.11. The second-order valence-corrected chi connectivity index (χ2v) is 6.46. The van der Waals surface area contributed by atoms with Gasteiger partial charge in [0.05, 0.1) is 12.3 Å². The Bertz CT molecular complexity index is 918. The monoisotopic (exact) mass is 349 g/mol. The molecule has 132 valence electrons. The lowest BCUT2D eigenvalue weighted by Crippen LogP contribution is -2.19. The second-order valence-electron chi connectivity index (χ2n) is 6.46. The average molecular weight is 349 g/mol. The van der Waals surface area contributed by atoms with E-state index < -0.39 is 0 Å². The summed E-state index contributed by atoms with van der Waals surface area (Å²) >= 11 is 0. The molecular formula is C20H19N3O3. The summed E-state index contributed by atoms with van der Waals surface area (Å²) in [5.74, 6) is 1.62. The summed E-state index contributed by atoms with van der Waals surface area (Å²) in [7, 11) is 0. The molecule has 0 spiro atoms. The Morgan fingerprint density at radius 2 is 2.00 bits per heavy atom. The lowest BCUT2D eigenvalue weighted by Gasteiger charge is -2.22. The third kappa shape index (κ3) is 3.59. The molecule has 2 heterocycles. The first-order chi connectivity index (χ1) is 12.7.